The lowest BCUT2D eigenvalue weighted by molar-refractivity contribution is 0.0939. The molecule has 1 aliphatic rings. The van der Waals surface area contributed by atoms with E-state index in [0.717, 1.165) is 31.5 Å². The molecule has 2 N–H and O–H groups in total. The van der Waals surface area contributed by atoms with Crippen molar-refractivity contribution in [3.05, 3.63) is 47.5 Å². The molecule has 1 amide bonds. The topological polar surface area (TPSA) is 71.8 Å². The molecule has 0 spiro atoms. The van der Waals surface area contributed by atoms with Gasteiger partial charge in [0.2, 0.25) is 0 Å². The molecule has 1 aromatic carbocycles. The van der Waals surface area contributed by atoms with Gasteiger partial charge in [0, 0.05) is 6.54 Å². The number of benzene rings is 1. The molecule has 2 aromatic rings. The van der Waals surface area contributed by atoms with Gasteiger partial charge in [0.15, 0.2) is 5.69 Å². The van der Waals surface area contributed by atoms with Crippen LogP contribution in [0.1, 0.15) is 28.9 Å². The SMILES string of the molecule is Cl.O=C(NCC1CCCNC1)c1cn(Cc2cccc(F)c2)nn1. The van der Waals surface area contributed by atoms with Crippen LogP contribution in [0.15, 0.2) is 30.5 Å². The second-order valence-corrected chi connectivity index (χ2v) is 5.85. The highest BCUT2D eigenvalue weighted by molar-refractivity contribution is 5.91. The van der Waals surface area contributed by atoms with Crippen molar-refractivity contribution >= 4 is 18.3 Å². The Morgan fingerprint density at radius 3 is 3.08 bits per heavy atom. The number of nitrogens with zero attached hydrogens (tertiary/aromatic N) is 3. The van der Waals surface area contributed by atoms with Crippen LogP contribution >= 0.6 is 12.4 Å². The summed E-state index contributed by atoms with van der Waals surface area (Å²) < 4.78 is 14.7. The monoisotopic (exact) mass is 353 g/mol. The first-order valence-corrected chi connectivity index (χ1v) is 7.84. The van der Waals surface area contributed by atoms with Gasteiger partial charge in [-0.25, -0.2) is 9.07 Å². The number of rotatable bonds is 5. The van der Waals surface area contributed by atoms with Gasteiger partial charge in [0.25, 0.3) is 5.91 Å². The predicted octanol–water partition coefficient (Wildman–Crippen LogP) is 1.62. The Morgan fingerprint density at radius 2 is 2.33 bits per heavy atom. The lowest BCUT2D eigenvalue weighted by Gasteiger charge is -2.22. The summed E-state index contributed by atoms with van der Waals surface area (Å²) in [6, 6.07) is 6.29. The largest absolute Gasteiger partial charge is 0.350 e. The molecule has 0 radical (unpaired) electrons. The summed E-state index contributed by atoms with van der Waals surface area (Å²) in [5.41, 5.74) is 1.06. The molecule has 0 saturated carbocycles. The number of nitrogens with one attached hydrogen (secondary N) is 2. The van der Waals surface area contributed by atoms with Crippen LogP contribution in [-0.4, -0.2) is 40.5 Å². The summed E-state index contributed by atoms with van der Waals surface area (Å²) in [4.78, 5) is 12.1. The van der Waals surface area contributed by atoms with Crippen molar-refractivity contribution in [3.8, 4) is 0 Å². The third kappa shape index (κ3) is 5.01. The Kier molecular flexibility index (Phi) is 6.69. The van der Waals surface area contributed by atoms with E-state index in [4.69, 9.17) is 0 Å². The molecule has 3 rings (SSSR count). The van der Waals surface area contributed by atoms with Crippen molar-refractivity contribution in [3.63, 3.8) is 0 Å². The van der Waals surface area contributed by atoms with E-state index < -0.39 is 0 Å². The Balaban J connectivity index is 0.00000208. The zero-order valence-corrected chi connectivity index (χ0v) is 14.1. The second-order valence-electron chi connectivity index (χ2n) is 5.85. The number of hydrogen-bond donors (Lipinski definition) is 2. The first-order chi connectivity index (χ1) is 11.2. The van der Waals surface area contributed by atoms with Crippen molar-refractivity contribution < 1.29 is 9.18 Å². The third-order valence-electron chi connectivity index (χ3n) is 3.96. The van der Waals surface area contributed by atoms with Crippen molar-refractivity contribution in [1.82, 2.24) is 25.6 Å². The first-order valence-electron chi connectivity index (χ1n) is 7.84. The molecule has 0 aliphatic carbocycles. The quantitative estimate of drug-likeness (QED) is 0.856. The van der Waals surface area contributed by atoms with E-state index in [-0.39, 0.29) is 29.8 Å². The average molecular weight is 354 g/mol. The molecule has 1 fully saturated rings. The Labute approximate surface area is 146 Å². The van der Waals surface area contributed by atoms with Crippen molar-refractivity contribution in [2.45, 2.75) is 19.4 Å². The number of piperidine rings is 1. The van der Waals surface area contributed by atoms with Crippen LogP contribution in [0.3, 0.4) is 0 Å². The fourth-order valence-electron chi connectivity index (χ4n) is 2.73. The van der Waals surface area contributed by atoms with E-state index in [1.807, 2.05) is 0 Å². The summed E-state index contributed by atoms with van der Waals surface area (Å²) in [5, 5.41) is 14.0. The number of carbonyl (C=O) groups is 1. The molecule has 1 unspecified atom stereocenters. The average Bonchev–Trinajstić information content (AvgIpc) is 3.02. The Bertz CT molecular complexity index is 672. The van der Waals surface area contributed by atoms with Crippen LogP contribution in [0, 0.1) is 11.7 Å². The smallest absolute Gasteiger partial charge is 0.273 e. The van der Waals surface area contributed by atoms with Gasteiger partial charge in [-0.05, 0) is 49.5 Å². The van der Waals surface area contributed by atoms with E-state index in [2.05, 4.69) is 20.9 Å². The van der Waals surface area contributed by atoms with Crippen LogP contribution in [0.5, 0.6) is 0 Å². The number of aromatic nitrogens is 3. The van der Waals surface area contributed by atoms with Gasteiger partial charge in [0.05, 0.1) is 12.7 Å². The molecule has 1 aromatic heterocycles. The lowest BCUT2D eigenvalue weighted by atomic mass is 10.00. The first kappa shape index (κ1) is 18.4. The molecule has 8 heteroatoms. The van der Waals surface area contributed by atoms with E-state index in [0.29, 0.717) is 19.0 Å². The molecule has 24 heavy (non-hydrogen) atoms. The molecule has 2 heterocycles. The molecule has 0 bridgehead atoms. The van der Waals surface area contributed by atoms with E-state index >= 15 is 0 Å². The molecule has 6 nitrogen and oxygen atoms in total. The number of amides is 1. The standard InChI is InChI=1S/C16H20FN5O.ClH/c17-14-5-1-3-12(7-14)10-22-11-15(20-21-22)16(23)19-9-13-4-2-6-18-8-13;/h1,3,5,7,11,13,18H,2,4,6,8-10H2,(H,19,23);1H. The van der Waals surface area contributed by atoms with Crippen molar-refractivity contribution in [2.75, 3.05) is 19.6 Å². The highest BCUT2D eigenvalue weighted by Gasteiger charge is 2.16. The highest BCUT2D eigenvalue weighted by atomic mass is 35.5. The second kappa shape index (κ2) is 8.75. The fraction of sp³-hybridized carbons (Fsp3) is 0.438. The van der Waals surface area contributed by atoms with Gasteiger partial charge in [0.1, 0.15) is 5.82 Å². The molecular weight excluding hydrogens is 333 g/mol. The van der Waals surface area contributed by atoms with Gasteiger partial charge in [-0.3, -0.25) is 4.79 Å². The van der Waals surface area contributed by atoms with Crippen LogP contribution in [0.25, 0.3) is 0 Å². The van der Waals surface area contributed by atoms with Gasteiger partial charge in [-0.1, -0.05) is 17.3 Å². The van der Waals surface area contributed by atoms with Crippen LogP contribution < -0.4 is 10.6 Å². The van der Waals surface area contributed by atoms with Gasteiger partial charge in [-0.2, -0.15) is 0 Å². The maximum absolute atomic E-state index is 13.2. The lowest BCUT2D eigenvalue weighted by Crippen LogP contribution is -2.38. The van der Waals surface area contributed by atoms with Gasteiger partial charge >= 0.3 is 0 Å². The van der Waals surface area contributed by atoms with Crippen molar-refractivity contribution in [2.24, 2.45) is 5.92 Å². The zero-order chi connectivity index (χ0) is 16.1. The Morgan fingerprint density at radius 1 is 1.46 bits per heavy atom. The maximum atomic E-state index is 13.2. The molecule has 1 saturated heterocycles. The minimum Gasteiger partial charge on any atom is -0.350 e. The number of carbonyl (C=O) groups excluding carboxylic acids is 1. The van der Waals surface area contributed by atoms with E-state index in [1.54, 1.807) is 18.3 Å². The molecule has 130 valence electrons. The molecule has 1 aliphatic heterocycles. The van der Waals surface area contributed by atoms with Gasteiger partial charge < -0.3 is 10.6 Å². The highest BCUT2D eigenvalue weighted by Crippen LogP contribution is 2.09. The predicted molar refractivity (Wildman–Crippen MR) is 90.7 cm³/mol. The molecule has 1 atom stereocenters. The third-order valence-corrected chi connectivity index (χ3v) is 3.96. The number of hydrogen-bond acceptors (Lipinski definition) is 4. The fourth-order valence-corrected chi connectivity index (χ4v) is 2.73. The Hall–Kier alpha value is -1.99. The summed E-state index contributed by atoms with van der Waals surface area (Å²) >= 11 is 0. The normalized spacial score (nSPS) is 17.1. The summed E-state index contributed by atoms with van der Waals surface area (Å²) in [6.45, 7) is 3.01. The molecular formula is C16H21ClFN5O. The summed E-state index contributed by atoms with van der Waals surface area (Å²) in [6.07, 6.45) is 3.85. The zero-order valence-electron chi connectivity index (χ0n) is 13.2. The van der Waals surface area contributed by atoms with E-state index in [1.165, 1.54) is 16.8 Å². The summed E-state index contributed by atoms with van der Waals surface area (Å²) in [5.74, 6) is -0.0437. The minimum atomic E-state index is -0.290. The summed E-state index contributed by atoms with van der Waals surface area (Å²) in [7, 11) is 0. The maximum Gasteiger partial charge on any atom is 0.273 e. The minimum absolute atomic E-state index is 0. The number of halogens is 2. The van der Waals surface area contributed by atoms with Crippen LogP contribution in [-0.2, 0) is 6.54 Å². The van der Waals surface area contributed by atoms with E-state index in [9.17, 15) is 9.18 Å². The van der Waals surface area contributed by atoms with Crippen LogP contribution in [0.2, 0.25) is 0 Å². The van der Waals surface area contributed by atoms with Crippen LogP contribution in [0.4, 0.5) is 4.39 Å². The van der Waals surface area contributed by atoms with Gasteiger partial charge in [-0.15, -0.1) is 17.5 Å². The van der Waals surface area contributed by atoms with Crippen molar-refractivity contribution in [1.29, 1.82) is 0 Å².